The third kappa shape index (κ3) is 2.50. The summed E-state index contributed by atoms with van der Waals surface area (Å²) in [6.07, 6.45) is 5.66. The molecule has 0 aliphatic heterocycles. The van der Waals surface area contributed by atoms with Crippen molar-refractivity contribution in [2.24, 2.45) is 5.73 Å². The molecule has 4 nitrogen and oxygen atoms in total. The second kappa shape index (κ2) is 5.21. The summed E-state index contributed by atoms with van der Waals surface area (Å²) in [6, 6.07) is 7.83. The monoisotopic (exact) mass is 294 g/mol. The average molecular weight is 294 g/mol. The lowest BCUT2D eigenvalue weighted by Gasteiger charge is -2.21. The van der Waals surface area contributed by atoms with E-state index in [9.17, 15) is 0 Å². The highest BCUT2D eigenvalue weighted by atomic mass is 15.0. The van der Waals surface area contributed by atoms with E-state index in [4.69, 9.17) is 10.7 Å². The Labute approximate surface area is 131 Å². The zero-order valence-corrected chi connectivity index (χ0v) is 13.5. The van der Waals surface area contributed by atoms with Gasteiger partial charge in [-0.05, 0) is 36.2 Å². The van der Waals surface area contributed by atoms with E-state index in [-0.39, 0.29) is 11.5 Å². The molecule has 3 heterocycles. The van der Waals surface area contributed by atoms with Crippen LogP contribution in [0.5, 0.6) is 0 Å². The van der Waals surface area contributed by atoms with Crippen LogP contribution >= 0.6 is 0 Å². The van der Waals surface area contributed by atoms with Gasteiger partial charge >= 0.3 is 0 Å². The van der Waals surface area contributed by atoms with E-state index >= 15 is 0 Å². The van der Waals surface area contributed by atoms with Crippen LogP contribution in [0.1, 0.15) is 49.3 Å². The first-order chi connectivity index (χ1) is 10.4. The first-order valence-corrected chi connectivity index (χ1v) is 7.52. The van der Waals surface area contributed by atoms with E-state index in [1.807, 2.05) is 18.2 Å². The van der Waals surface area contributed by atoms with Crippen LogP contribution < -0.4 is 5.73 Å². The molecule has 0 saturated carbocycles. The van der Waals surface area contributed by atoms with Crippen molar-refractivity contribution >= 4 is 5.65 Å². The summed E-state index contributed by atoms with van der Waals surface area (Å²) in [7, 11) is 0. The molecule has 0 amide bonds. The molecule has 3 aromatic rings. The molecule has 114 valence electrons. The third-order valence-corrected chi connectivity index (χ3v) is 3.87. The number of nitrogens with zero attached hydrogens (tertiary/aromatic N) is 3. The van der Waals surface area contributed by atoms with E-state index in [0.717, 1.165) is 22.6 Å². The number of hydrogen-bond acceptors (Lipinski definition) is 3. The zero-order chi connectivity index (χ0) is 15.9. The van der Waals surface area contributed by atoms with Crippen molar-refractivity contribution in [3.05, 3.63) is 65.4 Å². The van der Waals surface area contributed by atoms with Gasteiger partial charge < -0.3 is 10.1 Å². The van der Waals surface area contributed by atoms with Crippen molar-refractivity contribution < 1.29 is 0 Å². The quantitative estimate of drug-likeness (QED) is 0.788. The van der Waals surface area contributed by atoms with Gasteiger partial charge in [0.1, 0.15) is 5.65 Å². The second-order valence-corrected chi connectivity index (χ2v) is 6.79. The number of aryl methyl sites for hydroxylation is 1. The van der Waals surface area contributed by atoms with E-state index in [1.165, 1.54) is 5.56 Å². The lowest BCUT2D eigenvalue weighted by molar-refractivity contribution is 0.558. The maximum atomic E-state index is 6.59. The van der Waals surface area contributed by atoms with Crippen molar-refractivity contribution in [1.29, 1.82) is 0 Å². The maximum absolute atomic E-state index is 6.59. The van der Waals surface area contributed by atoms with Gasteiger partial charge in [-0.2, -0.15) is 0 Å². The molecule has 3 aromatic heterocycles. The van der Waals surface area contributed by atoms with Crippen LogP contribution in [0.4, 0.5) is 0 Å². The summed E-state index contributed by atoms with van der Waals surface area (Å²) in [5.74, 6) is 0. The van der Waals surface area contributed by atoms with E-state index < -0.39 is 0 Å². The standard InChI is InChI=1S/C18H22N4/c1-12-5-6-14-21-17(18(2,3)4)16(22(14)11-12)15(19)13-7-9-20-10-8-13/h5-11,15H,19H2,1-4H3. The Morgan fingerprint density at radius 3 is 2.41 bits per heavy atom. The Morgan fingerprint density at radius 1 is 1.09 bits per heavy atom. The lowest BCUT2D eigenvalue weighted by Crippen LogP contribution is -2.22. The summed E-state index contributed by atoms with van der Waals surface area (Å²) in [4.78, 5) is 8.92. The average Bonchev–Trinajstić information content (AvgIpc) is 2.86. The Hall–Kier alpha value is -2.20. The molecular weight excluding hydrogens is 272 g/mol. The number of hydrogen-bond donors (Lipinski definition) is 1. The number of rotatable bonds is 2. The third-order valence-electron chi connectivity index (χ3n) is 3.87. The largest absolute Gasteiger partial charge is 0.319 e. The Morgan fingerprint density at radius 2 is 1.77 bits per heavy atom. The highest BCUT2D eigenvalue weighted by Crippen LogP contribution is 2.32. The number of pyridine rings is 2. The van der Waals surface area contributed by atoms with Crippen LogP contribution in [0.2, 0.25) is 0 Å². The minimum absolute atomic E-state index is 0.0695. The highest BCUT2D eigenvalue weighted by Gasteiger charge is 2.27. The second-order valence-electron chi connectivity index (χ2n) is 6.79. The van der Waals surface area contributed by atoms with Crippen LogP contribution in [-0.4, -0.2) is 14.4 Å². The summed E-state index contributed by atoms with van der Waals surface area (Å²) >= 11 is 0. The molecule has 22 heavy (non-hydrogen) atoms. The number of nitrogens with two attached hydrogens (primary N) is 1. The van der Waals surface area contributed by atoms with Crippen LogP contribution in [0, 0.1) is 6.92 Å². The fraction of sp³-hybridized carbons (Fsp3) is 0.333. The van der Waals surface area contributed by atoms with E-state index in [1.54, 1.807) is 12.4 Å². The van der Waals surface area contributed by atoms with Gasteiger partial charge in [0.2, 0.25) is 0 Å². The van der Waals surface area contributed by atoms with Gasteiger partial charge in [-0.25, -0.2) is 4.98 Å². The molecule has 0 saturated heterocycles. The molecule has 0 aromatic carbocycles. The van der Waals surface area contributed by atoms with Crippen LogP contribution in [0.15, 0.2) is 42.9 Å². The molecular formula is C18H22N4. The first-order valence-electron chi connectivity index (χ1n) is 7.52. The van der Waals surface area contributed by atoms with Crippen molar-refractivity contribution in [2.45, 2.75) is 39.2 Å². The van der Waals surface area contributed by atoms with Gasteiger partial charge in [-0.1, -0.05) is 26.8 Å². The zero-order valence-electron chi connectivity index (χ0n) is 13.5. The molecule has 0 fully saturated rings. The number of fused-ring (bicyclic) bond motifs is 1. The summed E-state index contributed by atoms with van der Waals surface area (Å²) in [5, 5.41) is 0. The summed E-state index contributed by atoms with van der Waals surface area (Å²) in [5.41, 5.74) is 11.8. The fourth-order valence-corrected chi connectivity index (χ4v) is 2.75. The van der Waals surface area contributed by atoms with Gasteiger partial charge in [0.15, 0.2) is 0 Å². The summed E-state index contributed by atoms with van der Waals surface area (Å²) < 4.78 is 2.13. The molecule has 0 radical (unpaired) electrons. The predicted molar refractivity (Wildman–Crippen MR) is 88.9 cm³/mol. The Bertz CT molecular complexity index is 797. The Kier molecular flexibility index (Phi) is 3.49. The fourth-order valence-electron chi connectivity index (χ4n) is 2.75. The van der Waals surface area contributed by atoms with Gasteiger partial charge in [-0.3, -0.25) is 4.98 Å². The minimum Gasteiger partial charge on any atom is -0.319 e. The van der Waals surface area contributed by atoms with Crippen LogP contribution in [0.3, 0.4) is 0 Å². The molecule has 2 N–H and O–H groups in total. The highest BCUT2D eigenvalue weighted by molar-refractivity contribution is 5.48. The molecule has 0 spiro atoms. The van der Waals surface area contributed by atoms with Gasteiger partial charge in [0, 0.05) is 24.0 Å². The molecule has 0 aliphatic carbocycles. The predicted octanol–water partition coefficient (Wildman–Crippen LogP) is 3.38. The van der Waals surface area contributed by atoms with Crippen molar-refractivity contribution in [3.8, 4) is 0 Å². The smallest absolute Gasteiger partial charge is 0.137 e. The molecule has 0 aliphatic rings. The van der Waals surface area contributed by atoms with Gasteiger partial charge in [-0.15, -0.1) is 0 Å². The molecule has 4 heteroatoms. The van der Waals surface area contributed by atoms with Crippen LogP contribution in [-0.2, 0) is 5.41 Å². The van der Waals surface area contributed by atoms with E-state index in [0.29, 0.717) is 0 Å². The summed E-state index contributed by atoms with van der Waals surface area (Å²) in [6.45, 7) is 8.59. The van der Waals surface area contributed by atoms with Crippen molar-refractivity contribution in [2.75, 3.05) is 0 Å². The van der Waals surface area contributed by atoms with E-state index in [2.05, 4.69) is 49.3 Å². The van der Waals surface area contributed by atoms with Crippen molar-refractivity contribution in [3.63, 3.8) is 0 Å². The van der Waals surface area contributed by atoms with Crippen LogP contribution in [0.25, 0.3) is 5.65 Å². The normalized spacial score (nSPS) is 13.5. The first kappa shape index (κ1) is 14.7. The van der Waals surface area contributed by atoms with Gasteiger partial charge in [0.05, 0.1) is 17.4 Å². The molecule has 1 unspecified atom stereocenters. The van der Waals surface area contributed by atoms with Crippen molar-refractivity contribution in [1.82, 2.24) is 14.4 Å². The lowest BCUT2D eigenvalue weighted by atomic mass is 9.88. The number of aromatic nitrogens is 3. The maximum Gasteiger partial charge on any atom is 0.137 e. The molecule has 3 rings (SSSR count). The minimum atomic E-state index is -0.228. The topological polar surface area (TPSA) is 56.2 Å². The van der Waals surface area contributed by atoms with Gasteiger partial charge in [0.25, 0.3) is 0 Å². The SMILES string of the molecule is Cc1ccc2nc(C(C)(C)C)c(C(N)c3ccncc3)n2c1. The Balaban J connectivity index is 2.28. The number of imidazole rings is 1. The molecule has 0 bridgehead atoms. The molecule has 1 atom stereocenters.